The van der Waals surface area contributed by atoms with Gasteiger partial charge in [-0.2, -0.15) is 0 Å². The summed E-state index contributed by atoms with van der Waals surface area (Å²) in [5, 5.41) is 19.1. The Balaban J connectivity index is 1.71. The van der Waals surface area contributed by atoms with Crippen LogP contribution in [0, 0.1) is 0 Å². The van der Waals surface area contributed by atoms with Crippen molar-refractivity contribution in [2.24, 2.45) is 4.99 Å². The highest BCUT2D eigenvalue weighted by Gasteiger charge is 2.19. The Labute approximate surface area is 150 Å². The maximum absolute atomic E-state index is 11.9. The van der Waals surface area contributed by atoms with Gasteiger partial charge in [0, 0.05) is 25.6 Å². The summed E-state index contributed by atoms with van der Waals surface area (Å²) in [5.74, 6) is 0.754. The Kier molecular flexibility index (Phi) is 8.25. The first kappa shape index (κ1) is 19.2. The van der Waals surface area contributed by atoms with E-state index < -0.39 is 0 Å². The van der Waals surface area contributed by atoms with Crippen LogP contribution in [0.25, 0.3) is 0 Å². The first-order valence-electron chi connectivity index (χ1n) is 9.21. The molecule has 1 aliphatic carbocycles. The normalized spacial score (nSPS) is 20.8. The zero-order valence-corrected chi connectivity index (χ0v) is 15.0. The third-order valence-corrected chi connectivity index (χ3v) is 4.32. The number of amides is 1. The molecule has 0 atom stereocenters. The molecule has 0 aliphatic heterocycles. The van der Waals surface area contributed by atoms with Crippen molar-refractivity contribution in [3.63, 3.8) is 0 Å². The van der Waals surface area contributed by atoms with Crippen molar-refractivity contribution >= 4 is 11.9 Å². The Morgan fingerprint density at radius 3 is 2.56 bits per heavy atom. The Bertz CT molecular complexity index is 540. The molecule has 0 heterocycles. The van der Waals surface area contributed by atoms with Crippen LogP contribution in [-0.4, -0.2) is 42.2 Å². The van der Waals surface area contributed by atoms with Gasteiger partial charge in [0.25, 0.3) is 0 Å². The van der Waals surface area contributed by atoms with E-state index in [4.69, 9.17) is 0 Å². The molecule has 1 aromatic carbocycles. The number of aliphatic hydroxyl groups excluding tert-OH is 1. The summed E-state index contributed by atoms with van der Waals surface area (Å²) in [7, 11) is 0. The summed E-state index contributed by atoms with van der Waals surface area (Å²) in [4.78, 5) is 16.4. The summed E-state index contributed by atoms with van der Waals surface area (Å²) in [6, 6.07) is 10.2. The van der Waals surface area contributed by atoms with Gasteiger partial charge in [0.2, 0.25) is 5.91 Å². The molecule has 0 saturated heterocycles. The summed E-state index contributed by atoms with van der Waals surface area (Å²) in [5.41, 5.74) is 1.09. The molecule has 6 nitrogen and oxygen atoms in total. The molecule has 0 bridgehead atoms. The van der Waals surface area contributed by atoms with Crippen LogP contribution in [-0.2, 0) is 11.3 Å². The van der Waals surface area contributed by atoms with E-state index in [1.165, 1.54) is 0 Å². The van der Waals surface area contributed by atoms with Crippen molar-refractivity contribution in [1.82, 2.24) is 16.0 Å². The number of aliphatic hydroxyl groups is 1. The van der Waals surface area contributed by atoms with Gasteiger partial charge in [-0.25, -0.2) is 0 Å². The second kappa shape index (κ2) is 10.7. The van der Waals surface area contributed by atoms with Crippen LogP contribution in [0.4, 0.5) is 0 Å². The third-order valence-electron chi connectivity index (χ3n) is 4.32. The van der Waals surface area contributed by atoms with Crippen LogP contribution in [0.5, 0.6) is 0 Å². The molecule has 0 spiro atoms. The van der Waals surface area contributed by atoms with Crippen LogP contribution in [0.3, 0.4) is 0 Å². The molecule has 2 rings (SSSR count). The molecule has 138 valence electrons. The summed E-state index contributed by atoms with van der Waals surface area (Å²) < 4.78 is 0. The molecule has 1 amide bonds. The molecule has 6 heteroatoms. The van der Waals surface area contributed by atoms with Gasteiger partial charge in [-0.1, -0.05) is 30.3 Å². The van der Waals surface area contributed by atoms with Crippen molar-refractivity contribution in [1.29, 1.82) is 0 Å². The monoisotopic (exact) mass is 346 g/mol. The maximum Gasteiger partial charge on any atom is 0.222 e. The average molecular weight is 346 g/mol. The van der Waals surface area contributed by atoms with Gasteiger partial charge in [-0.15, -0.1) is 0 Å². The number of hydrogen-bond acceptors (Lipinski definition) is 3. The smallest absolute Gasteiger partial charge is 0.222 e. The molecule has 0 aromatic heterocycles. The first-order chi connectivity index (χ1) is 12.2. The van der Waals surface area contributed by atoms with Crippen LogP contribution in [0.1, 0.15) is 44.6 Å². The Morgan fingerprint density at radius 2 is 1.88 bits per heavy atom. The lowest BCUT2D eigenvalue weighted by molar-refractivity contribution is -0.121. The fraction of sp³-hybridized carbons (Fsp3) is 0.579. The fourth-order valence-electron chi connectivity index (χ4n) is 2.89. The number of aliphatic imine (C=N–C) groups is 1. The summed E-state index contributed by atoms with van der Waals surface area (Å²) >= 11 is 0. The van der Waals surface area contributed by atoms with E-state index in [0.29, 0.717) is 25.6 Å². The number of carbonyl (C=O) groups excluding carboxylic acids is 1. The summed E-state index contributed by atoms with van der Waals surface area (Å²) in [6.45, 7) is 3.80. The lowest BCUT2D eigenvalue weighted by Crippen LogP contribution is -2.45. The molecule has 1 aromatic rings. The molecule has 25 heavy (non-hydrogen) atoms. The van der Waals surface area contributed by atoms with Crippen LogP contribution >= 0.6 is 0 Å². The second-order valence-electron chi connectivity index (χ2n) is 6.42. The number of hydrogen-bond donors (Lipinski definition) is 4. The maximum atomic E-state index is 11.9. The number of nitrogens with one attached hydrogen (secondary N) is 3. The van der Waals surface area contributed by atoms with Gasteiger partial charge < -0.3 is 21.1 Å². The topological polar surface area (TPSA) is 85.8 Å². The fourth-order valence-corrected chi connectivity index (χ4v) is 2.89. The molecule has 1 saturated carbocycles. The van der Waals surface area contributed by atoms with Gasteiger partial charge in [0.05, 0.1) is 12.6 Å². The Hall–Kier alpha value is -2.08. The van der Waals surface area contributed by atoms with Crippen molar-refractivity contribution in [2.75, 3.05) is 13.1 Å². The van der Waals surface area contributed by atoms with E-state index in [-0.39, 0.29) is 12.0 Å². The average Bonchev–Trinajstić information content (AvgIpc) is 2.63. The van der Waals surface area contributed by atoms with Crippen molar-refractivity contribution < 1.29 is 9.90 Å². The quantitative estimate of drug-likeness (QED) is 0.446. The molecule has 1 aliphatic rings. The molecule has 4 N–H and O–H groups in total. The third kappa shape index (κ3) is 7.56. The van der Waals surface area contributed by atoms with E-state index in [0.717, 1.165) is 43.8 Å². The van der Waals surface area contributed by atoms with Crippen molar-refractivity contribution in [3.05, 3.63) is 35.9 Å². The largest absolute Gasteiger partial charge is 0.393 e. The lowest BCUT2D eigenvalue weighted by atomic mass is 9.93. The van der Waals surface area contributed by atoms with E-state index in [1.54, 1.807) is 0 Å². The van der Waals surface area contributed by atoms with Crippen molar-refractivity contribution in [3.8, 4) is 0 Å². The second-order valence-corrected chi connectivity index (χ2v) is 6.42. The van der Waals surface area contributed by atoms with E-state index in [1.807, 2.05) is 37.3 Å². The minimum absolute atomic E-state index is 0.00393. The van der Waals surface area contributed by atoms with Gasteiger partial charge in [-0.3, -0.25) is 9.79 Å². The van der Waals surface area contributed by atoms with E-state index in [2.05, 4.69) is 20.9 Å². The van der Waals surface area contributed by atoms with Gasteiger partial charge in [-0.05, 0) is 38.2 Å². The molecule has 0 radical (unpaired) electrons. The predicted molar refractivity (Wildman–Crippen MR) is 100 cm³/mol. The number of carbonyl (C=O) groups is 1. The van der Waals surface area contributed by atoms with Crippen molar-refractivity contribution in [2.45, 2.75) is 57.7 Å². The molecule has 1 fully saturated rings. The first-order valence-corrected chi connectivity index (χ1v) is 9.21. The number of nitrogens with zero attached hydrogens (tertiary/aromatic N) is 1. The molecular weight excluding hydrogens is 316 g/mol. The number of rotatable bonds is 7. The van der Waals surface area contributed by atoms with Gasteiger partial charge in [0.15, 0.2) is 5.96 Å². The predicted octanol–water partition coefficient (Wildman–Crippen LogP) is 1.55. The van der Waals surface area contributed by atoms with Crippen LogP contribution in [0.15, 0.2) is 35.3 Å². The van der Waals surface area contributed by atoms with Crippen LogP contribution < -0.4 is 16.0 Å². The minimum atomic E-state index is -0.161. The zero-order chi connectivity index (χ0) is 17.9. The van der Waals surface area contributed by atoms with Gasteiger partial charge >= 0.3 is 0 Å². The standard InChI is InChI=1S/C19H30N4O2/c1-2-20-19(23-16-8-10-17(24)11-9-16)21-13-12-18(25)22-14-15-6-4-3-5-7-15/h3-7,16-17,24H,2,8-14H2,1H3,(H,22,25)(H2,20,21,23). The number of guanidine groups is 1. The molecule has 0 unspecified atom stereocenters. The SMILES string of the molecule is CCNC(=NCCC(=O)NCc1ccccc1)NC1CCC(O)CC1. The minimum Gasteiger partial charge on any atom is -0.393 e. The zero-order valence-electron chi connectivity index (χ0n) is 15.0. The van der Waals surface area contributed by atoms with Crippen LogP contribution in [0.2, 0.25) is 0 Å². The highest BCUT2D eigenvalue weighted by molar-refractivity contribution is 5.81. The summed E-state index contributed by atoms with van der Waals surface area (Å²) in [6.07, 6.45) is 3.77. The lowest BCUT2D eigenvalue weighted by Gasteiger charge is -2.27. The Morgan fingerprint density at radius 1 is 1.16 bits per heavy atom. The van der Waals surface area contributed by atoms with E-state index in [9.17, 15) is 9.90 Å². The van der Waals surface area contributed by atoms with Gasteiger partial charge in [0.1, 0.15) is 0 Å². The molecular formula is C19H30N4O2. The highest BCUT2D eigenvalue weighted by atomic mass is 16.3. The van der Waals surface area contributed by atoms with E-state index >= 15 is 0 Å². The highest BCUT2D eigenvalue weighted by Crippen LogP contribution is 2.18. The number of benzene rings is 1.